The highest BCUT2D eigenvalue weighted by atomic mass is 32.1. The number of carbonyl (C=O) groups excluding carboxylic acids is 1. The lowest BCUT2D eigenvalue weighted by molar-refractivity contribution is 0.0600. The van der Waals surface area contributed by atoms with Crippen molar-refractivity contribution in [2.45, 2.75) is 13.5 Å². The average Bonchev–Trinajstić information content (AvgIpc) is 3.27. The zero-order chi connectivity index (χ0) is 25.8. The molecule has 3 aromatic carbocycles. The van der Waals surface area contributed by atoms with E-state index in [0.717, 1.165) is 27.1 Å². The molecule has 0 fully saturated rings. The maximum absolute atomic E-state index is 13.1. The molecule has 0 aliphatic heterocycles. The number of ether oxygens (including phenoxy) is 2. The molecule has 5 aromatic rings. The largest absolute Gasteiger partial charge is 0.488 e. The van der Waals surface area contributed by atoms with E-state index in [1.54, 1.807) is 18.2 Å². The van der Waals surface area contributed by atoms with E-state index in [4.69, 9.17) is 14.5 Å². The molecule has 0 amide bonds. The minimum absolute atomic E-state index is 0.159. The van der Waals surface area contributed by atoms with Crippen molar-refractivity contribution in [2.24, 2.45) is 0 Å². The zero-order valence-electron chi connectivity index (χ0n) is 20.4. The van der Waals surface area contributed by atoms with E-state index in [0.29, 0.717) is 34.0 Å². The lowest BCUT2D eigenvalue weighted by Gasteiger charge is -2.09. The monoisotopic (exact) mass is 508 g/mol. The van der Waals surface area contributed by atoms with Crippen molar-refractivity contribution in [1.29, 1.82) is 0 Å². The van der Waals surface area contributed by atoms with Crippen molar-refractivity contribution in [1.82, 2.24) is 9.97 Å². The normalized spacial score (nSPS) is 11.2. The van der Waals surface area contributed by atoms with Crippen LogP contribution in [0.1, 0.15) is 32.2 Å². The maximum Gasteiger partial charge on any atom is 0.337 e. The molecule has 0 aliphatic rings. The van der Waals surface area contributed by atoms with Crippen molar-refractivity contribution in [2.75, 3.05) is 7.11 Å². The van der Waals surface area contributed by atoms with Crippen LogP contribution in [0.5, 0.6) is 5.75 Å². The molecule has 0 aliphatic carbocycles. The Morgan fingerprint density at radius 1 is 0.973 bits per heavy atom. The summed E-state index contributed by atoms with van der Waals surface area (Å²) in [4.78, 5) is 34.1. The number of para-hydroxylation sites is 1. The molecule has 0 saturated carbocycles. The number of aryl methyl sites for hydroxylation is 1. The molecule has 0 unspecified atom stereocenters. The molecule has 1 N–H and O–H groups in total. The molecular weight excluding hydrogens is 484 g/mol. The number of rotatable bonds is 7. The Labute approximate surface area is 217 Å². The van der Waals surface area contributed by atoms with Crippen LogP contribution in [0.3, 0.4) is 0 Å². The topological polar surface area (TPSA) is 81.3 Å². The van der Waals surface area contributed by atoms with Gasteiger partial charge in [0.2, 0.25) is 0 Å². The summed E-state index contributed by atoms with van der Waals surface area (Å²) in [6.07, 6.45) is 3.66. The van der Waals surface area contributed by atoms with Gasteiger partial charge in [-0.1, -0.05) is 60.7 Å². The second kappa shape index (κ2) is 10.6. The Morgan fingerprint density at radius 2 is 1.70 bits per heavy atom. The Bertz CT molecular complexity index is 1650. The van der Waals surface area contributed by atoms with Gasteiger partial charge in [-0.2, -0.15) is 0 Å². The summed E-state index contributed by atoms with van der Waals surface area (Å²) in [7, 11) is 1.36. The Morgan fingerprint density at radius 3 is 2.46 bits per heavy atom. The third-order valence-electron chi connectivity index (χ3n) is 5.93. The Hall–Kier alpha value is -4.49. The van der Waals surface area contributed by atoms with Crippen LogP contribution in [-0.4, -0.2) is 23.0 Å². The number of aromatic amines is 1. The van der Waals surface area contributed by atoms with Gasteiger partial charge >= 0.3 is 5.97 Å². The molecule has 2 aromatic heterocycles. The number of nitrogens with zero attached hydrogens (tertiary/aromatic N) is 1. The molecule has 7 heteroatoms. The van der Waals surface area contributed by atoms with Gasteiger partial charge in [0, 0.05) is 16.0 Å². The average molecular weight is 509 g/mol. The van der Waals surface area contributed by atoms with Gasteiger partial charge in [0.05, 0.1) is 18.1 Å². The minimum atomic E-state index is -0.373. The van der Waals surface area contributed by atoms with E-state index >= 15 is 0 Å². The molecule has 0 spiro atoms. The van der Waals surface area contributed by atoms with E-state index in [1.165, 1.54) is 18.4 Å². The first-order valence-electron chi connectivity index (χ1n) is 11.7. The van der Waals surface area contributed by atoms with Gasteiger partial charge in [0.25, 0.3) is 5.56 Å². The second-order valence-corrected chi connectivity index (χ2v) is 9.58. The fraction of sp³-hybridized carbons (Fsp3) is 0.100. The van der Waals surface area contributed by atoms with Gasteiger partial charge in [0.1, 0.15) is 23.0 Å². The van der Waals surface area contributed by atoms with Crippen molar-refractivity contribution in [3.05, 3.63) is 117 Å². The SMILES string of the molecule is COC(=O)c1ccc(COc2ccccc2/C=C/c2nc3sc(C)c(-c4ccccc4)c3c(=O)[nH]2)cc1. The van der Waals surface area contributed by atoms with Gasteiger partial charge in [-0.3, -0.25) is 4.79 Å². The van der Waals surface area contributed by atoms with E-state index in [1.807, 2.05) is 79.7 Å². The number of esters is 1. The minimum Gasteiger partial charge on any atom is -0.488 e. The van der Waals surface area contributed by atoms with Crippen LogP contribution in [0.2, 0.25) is 0 Å². The highest BCUT2D eigenvalue weighted by molar-refractivity contribution is 7.19. The molecule has 0 radical (unpaired) electrons. The number of carbonyl (C=O) groups is 1. The summed E-state index contributed by atoms with van der Waals surface area (Å²) in [5.74, 6) is 0.797. The van der Waals surface area contributed by atoms with Crippen molar-refractivity contribution < 1.29 is 14.3 Å². The number of thiophene rings is 1. The van der Waals surface area contributed by atoms with Gasteiger partial charge in [-0.15, -0.1) is 11.3 Å². The summed E-state index contributed by atoms with van der Waals surface area (Å²) >= 11 is 1.52. The molecule has 6 nitrogen and oxygen atoms in total. The maximum atomic E-state index is 13.1. The first-order chi connectivity index (χ1) is 18.0. The first kappa shape index (κ1) is 24.2. The van der Waals surface area contributed by atoms with Crippen LogP contribution in [0.15, 0.2) is 83.7 Å². The summed E-state index contributed by atoms with van der Waals surface area (Å²) < 4.78 is 10.8. The number of methoxy groups -OCH3 is 1. The smallest absolute Gasteiger partial charge is 0.337 e. The quantitative estimate of drug-likeness (QED) is 0.254. The van der Waals surface area contributed by atoms with Crippen molar-refractivity contribution >= 4 is 39.7 Å². The van der Waals surface area contributed by atoms with Crippen LogP contribution in [0.25, 0.3) is 33.5 Å². The molecule has 0 atom stereocenters. The fourth-order valence-corrected chi connectivity index (χ4v) is 5.15. The molecular formula is C30H24N2O4S. The van der Waals surface area contributed by atoms with Crippen LogP contribution >= 0.6 is 11.3 Å². The number of hydrogen-bond donors (Lipinski definition) is 1. The van der Waals surface area contributed by atoms with E-state index in [2.05, 4.69) is 4.98 Å². The number of H-pyrrole nitrogens is 1. The van der Waals surface area contributed by atoms with Crippen LogP contribution in [-0.2, 0) is 11.3 Å². The lowest BCUT2D eigenvalue weighted by atomic mass is 10.0. The van der Waals surface area contributed by atoms with Crippen LogP contribution < -0.4 is 10.3 Å². The van der Waals surface area contributed by atoms with Gasteiger partial charge in [-0.25, -0.2) is 9.78 Å². The second-order valence-electron chi connectivity index (χ2n) is 8.38. The summed E-state index contributed by atoms with van der Waals surface area (Å²) in [6, 6.07) is 24.6. The third kappa shape index (κ3) is 5.22. The highest BCUT2D eigenvalue weighted by Gasteiger charge is 2.16. The summed E-state index contributed by atoms with van der Waals surface area (Å²) in [5, 5.41) is 0.618. The van der Waals surface area contributed by atoms with Crippen LogP contribution in [0, 0.1) is 6.92 Å². The molecule has 37 heavy (non-hydrogen) atoms. The van der Waals surface area contributed by atoms with Crippen molar-refractivity contribution in [3.63, 3.8) is 0 Å². The Kier molecular flexibility index (Phi) is 6.96. The number of fused-ring (bicyclic) bond motifs is 1. The van der Waals surface area contributed by atoms with E-state index in [9.17, 15) is 9.59 Å². The Balaban J connectivity index is 1.37. The predicted octanol–water partition coefficient (Wildman–Crippen LogP) is 6.50. The third-order valence-corrected chi connectivity index (χ3v) is 6.93. The fourth-order valence-electron chi connectivity index (χ4n) is 4.10. The number of benzene rings is 3. The standard InChI is InChI=1S/C30H24N2O4S/c1-19-26(22-9-4-3-5-10-22)27-28(33)31-25(32-29(27)37-19)17-16-21-8-6-7-11-24(21)36-18-20-12-14-23(15-13-20)30(34)35-2/h3-17H,18H2,1-2H3,(H,31,32,33)/b17-16+. The van der Waals surface area contributed by atoms with Gasteiger partial charge in [0.15, 0.2) is 0 Å². The summed E-state index contributed by atoms with van der Waals surface area (Å²) in [6.45, 7) is 2.35. The van der Waals surface area contributed by atoms with Crippen LogP contribution in [0.4, 0.5) is 0 Å². The first-order valence-corrected chi connectivity index (χ1v) is 12.5. The molecule has 2 heterocycles. The van der Waals surface area contributed by atoms with E-state index < -0.39 is 0 Å². The van der Waals surface area contributed by atoms with Gasteiger partial charge < -0.3 is 14.5 Å². The van der Waals surface area contributed by atoms with E-state index in [-0.39, 0.29) is 11.5 Å². The molecule has 0 bridgehead atoms. The van der Waals surface area contributed by atoms with Crippen molar-refractivity contribution in [3.8, 4) is 16.9 Å². The molecule has 0 saturated heterocycles. The number of aromatic nitrogens is 2. The summed E-state index contributed by atoms with van der Waals surface area (Å²) in [5.41, 5.74) is 4.04. The molecule has 184 valence electrons. The number of nitrogens with one attached hydrogen (secondary N) is 1. The number of hydrogen-bond acceptors (Lipinski definition) is 6. The zero-order valence-corrected chi connectivity index (χ0v) is 21.2. The van der Waals surface area contributed by atoms with Gasteiger partial charge in [-0.05, 0) is 48.4 Å². The highest BCUT2D eigenvalue weighted by Crippen LogP contribution is 2.35. The molecule has 5 rings (SSSR count). The lowest BCUT2D eigenvalue weighted by Crippen LogP contribution is -2.09. The predicted molar refractivity (Wildman–Crippen MR) is 148 cm³/mol.